The average Bonchev–Trinajstić information content (AvgIpc) is 2.71. The second kappa shape index (κ2) is 8.97. The number of H-pyrrole nitrogens is 1. The molecule has 2 aromatic carbocycles. The van der Waals surface area contributed by atoms with E-state index in [0.29, 0.717) is 21.8 Å². The number of rotatable bonds is 5. The summed E-state index contributed by atoms with van der Waals surface area (Å²) < 4.78 is 37.7. The number of aromatic amines is 1. The van der Waals surface area contributed by atoms with E-state index in [4.69, 9.17) is 21.1 Å². The van der Waals surface area contributed by atoms with Crippen LogP contribution in [-0.2, 0) is 11.3 Å². The molecule has 0 aliphatic heterocycles. The van der Waals surface area contributed by atoms with Gasteiger partial charge in [0, 0.05) is 33.5 Å². The Hall–Kier alpha value is -2.71. The highest BCUT2D eigenvalue weighted by atomic mass is 79.9. The molecule has 0 spiro atoms. The van der Waals surface area contributed by atoms with E-state index in [1.807, 2.05) is 0 Å². The lowest BCUT2D eigenvalue weighted by molar-refractivity contribution is 0.0601. The first-order chi connectivity index (χ1) is 14.2. The molecule has 0 saturated carbocycles. The minimum Gasteiger partial charge on any atom is -0.487 e. The molecule has 1 heterocycles. The van der Waals surface area contributed by atoms with Crippen molar-refractivity contribution in [2.45, 2.75) is 13.5 Å². The maximum atomic E-state index is 14.0. The van der Waals surface area contributed by atoms with E-state index in [1.54, 1.807) is 6.92 Å². The minimum absolute atomic E-state index is 0.0603. The van der Waals surface area contributed by atoms with Crippen molar-refractivity contribution in [1.29, 1.82) is 0 Å². The van der Waals surface area contributed by atoms with Crippen molar-refractivity contribution in [1.82, 2.24) is 4.98 Å². The molecule has 9 heteroatoms. The summed E-state index contributed by atoms with van der Waals surface area (Å²) in [7, 11) is 1.25. The van der Waals surface area contributed by atoms with Gasteiger partial charge in [-0.2, -0.15) is 0 Å². The number of hydrogen-bond donors (Lipinski definition) is 1. The lowest BCUT2D eigenvalue weighted by Gasteiger charge is -2.17. The van der Waals surface area contributed by atoms with Crippen molar-refractivity contribution in [3.8, 4) is 16.9 Å². The van der Waals surface area contributed by atoms with E-state index in [0.717, 1.165) is 12.1 Å². The fourth-order valence-corrected chi connectivity index (χ4v) is 3.50. The molecule has 1 N–H and O–H groups in total. The van der Waals surface area contributed by atoms with Gasteiger partial charge in [0.25, 0.3) is 5.56 Å². The fourth-order valence-electron chi connectivity index (χ4n) is 2.88. The van der Waals surface area contributed by atoms with Gasteiger partial charge in [-0.3, -0.25) is 4.79 Å². The van der Waals surface area contributed by atoms with Crippen LogP contribution < -0.4 is 10.3 Å². The zero-order valence-corrected chi connectivity index (χ0v) is 18.2. The Morgan fingerprint density at radius 3 is 2.60 bits per heavy atom. The number of pyridine rings is 1. The van der Waals surface area contributed by atoms with E-state index in [1.165, 1.54) is 31.4 Å². The van der Waals surface area contributed by atoms with Crippen molar-refractivity contribution < 1.29 is 23.0 Å². The Bertz CT molecular complexity index is 1200. The molecule has 1 aromatic heterocycles. The van der Waals surface area contributed by atoms with Crippen molar-refractivity contribution in [2.75, 3.05) is 7.11 Å². The number of halogens is 4. The maximum absolute atomic E-state index is 14.0. The highest BCUT2D eigenvalue weighted by Crippen LogP contribution is 2.40. The van der Waals surface area contributed by atoms with Crippen LogP contribution in [0.15, 0.2) is 45.7 Å². The molecule has 0 amide bonds. The van der Waals surface area contributed by atoms with Gasteiger partial charge in [-0.05, 0) is 53.2 Å². The van der Waals surface area contributed by atoms with Crippen molar-refractivity contribution in [3.63, 3.8) is 0 Å². The lowest BCUT2D eigenvalue weighted by atomic mass is 10.0. The zero-order valence-electron chi connectivity index (χ0n) is 15.8. The number of nitrogens with one attached hydrogen (secondary N) is 1. The molecule has 3 rings (SSSR count). The van der Waals surface area contributed by atoms with Crippen molar-refractivity contribution in [2.24, 2.45) is 0 Å². The third-order valence-corrected chi connectivity index (χ3v) is 5.40. The fraction of sp³-hybridized carbons (Fsp3) is 0.143. The first-order valence-corrected chi connectivity index (χ1v) is 9.77. The van der Waals surface area contributed by atoms with E-state index >= 15 is 0 Å². The quantitative estimate of drug-likeness (QED) is 0.478. The maximum Gasteiger partial charge on any atom is 0.337 e. The monoisotopic (exact) mass is 497 g/mol. The van der Waals surface area contributed by atoms with Gasteiger partial charge in [0.05, 0.1) is 12.7 Å². The second-order valence-corrected chi connectivity index (χ2v) is 7.51. The molecular formula is C21H15BrClF2NO4. The Morgan fingerprint density at radius 2 is 1.93 bits per heavy atom. The van der Waals surface area contributed by atoms with Gasteiger partial charge in [-0.1, -0.05) is 11.6 Å². The third kappa shape index (κ3) is 4.39. The van der Waals surface area contributed by atoms with Gasteiger partial charge in [0.1, 0.15) is 28.5 Å². The number of esters is 1. The third-order valence-electron chi connectivity index (χ3n) is 4.35. The molecule has 3 aromatic rings. The molecule has 0 fully saturated rings. The minimum atomic E-state index is -0.778. The topological polar surface area (TPSA) is 68.4 Å². The predicted octanol–water partition coefficient (Wildman–Crippen LogP) is 5.41. The number of aromatic nitrogens is 1. The van der Waals surface area contributed by atoms with Crippen LogP contribution in [0.5, 0.6) is 5.75 Å². The highest BCUT2D eigenvalue weighted by Gasteiger charge is 2.21. The summed E-state index contributed by atoms with van der Waals surface area (Å²) in [6.07, 6.45) is 0. The van der Waals surface area contributed by atoms with Crippen LogP contribution in [0.4, 0.5) is 8.78 Å². The number of benzene rings is 2. The number of carbonyl (C=O) groups is 1. The molecule has 0 saturated heterocycles. The Morgan fingerprint density at radius 1 is 1.20 bits per heavy atom. The Labute approximate surface area is 183 Å². The summed E-state index contributed by atoms with van der Waals surface area (Å²) in [4.78, 5) is 26.9. The molecule has 30 heavy (non-hydrogen) atoms. The number of aryl methyl sites for hydroxylation is 1. The van der Waals surface area contributed by atoms with Gasteiger partial charge >= 0.3 is 5.97 Å². The Kier molecular flexibility index (Phi) is 6.58. The van der Waals surface area contributed by atoms with Crippen LogP contribution in [0.2, 0.25) is 5.02 Å². The molecule has 156 valence electrons. The molecule has 0 aliphatic carbocycles. The standard InChI is InChI=1S/C21H15BrClF2NO4/c1-10-17(14-7-11(21(28)29-2)4-6-15(14)23)19(18(22)20(27)26-10)30-9-12-3-5-13(24)8-16(12)25/h3-8H,9H2,1-2H3,(H,26,27). The van der Waals surface area contributed by atoms with Crippen LogP contribution in [-0.4, -0.2) is 18.1 Å². The van der Waals surface area contributed by atoms with Crippen LogP contribution in [0.25, 0.3) is 11.1 Å². The highest BCUT2D eigenvalue weighted by molar-refractivity contribution is 9.10. The number of methoxy groups -OCH3 is 1. The first kappa shape index (κ1) is 22.0. The van der Waals surface area contributed by atoms with Crippen LogP contribution >= 0.6 is 27.5 Å². The molecule has 5 nitrogen and oxygen atoms in total. The summed E-state index contributed by atoms with van der Waals surface area (Å²) in [5.41, 5.74) is 1.10. The van der Waals surface area contributed by atoms with Gasteiger partial charge in [0.15, 0.2) is 0 Å². The normalized spacial score (nSPS) is 10.7. The molecule has 0 unspecified atom stereocenters. The molecule has 0 aliphatic rings. The molecule has 0 atom stereocenters. The van der Waals surface area contributed by atoms with Gasteiger partial charge in [0.2, 0.25) is 0 Å². The second-order valence-electron chi connectivity index (χ2n) is 6.31. The van der Waals surface area contributed by atoms with E-state index in [-0.39, 0.29) is 28.0 Å². The average molecular weight is 499 g/mol. The van der Waals surface area contributed by atoms with Gasteiger partial charge < -0.3 is 14.5 Å². The lowest BCUT2D eigenvalue weighted by Crippen LogP contribution is -2.13. The number of hydrogen-bond acceptors (Lipinski definition) is 4. The number of ether oxygens (including phenoxy) is 2. The van der Waals surface area contributed by atoms with Gasteiger partial charge in [-0.15, -0.1) is 0 Å². The van der Waals surface area contributed by atoms with Crippen LogP contribution in [0.3, 0.4) is 0 Å². The van der Waals surface area contributed by atoms with Crippen LogP contribution in [0.1, 0.15) is 21.6 Å². The summed E-state index contributed by atoms with van der Waals surface area (Å²) in [5.74, 6) is -1.95. The van der Waals surface area contributed by atoms with E-state index < -0.39 is 23.2 Å². The van der Waals surface area contributed by atoms with E-state index in [9.17, 15) is 18.4 Å². The van der Waals surface area contributed by atoms with Crippen molar-refractivity contribution in [3.05, 3.63) is 84.7 Å². The summed E-state index contributed by atoms with van der Waals surface area (Å²) >= 11 is 9.55. The molecule has 0 radical (unpaired) electrons. The first-order valence-electron chi connectivity index (χ1n) is 8.60. The smallest absolute Gasteiger partial charge is 0.337 e. The van der Waals surface area contributed by atoms with E-state index in [2.05, 4.69) is 20.9 Å². The van der Waals surface area contributed by atoms with Crippen LogP contribution in [0, 0.1) is 18.6 Å². The molecule has 0 bridgehead atoms. The molecular weight excluding hydrogens is 484 g/mol. The van der Waals surface area contributed by atoms with Crippen molar-refractivity contribution >= 4 is 33.5 Å². The summed E-state index contributed by atoms with van der Waals surface area (Å²) in [5, 5.41) is 0.294. The van der Waals surface area contributed by atoms with Gasteiger partial charge in [-0.25, -0.2) is 13.6 Å². The number of carbonyl (C=O) groups excluding carboxylic acids is 1. The zero-order chi connectivity index (χ0) is 22.0. The largest absolute Gasteiger partial charge is 0.487 e. The summed E-state index contributed by atoms with van der Waals surface area (Å²) in [6.45, 7) is 1.37. The Balaban J connectivity index is 2.13. The predicted molar refractivity (Wildman–Crippen MR) is 112 cm³/mol. The SMILES string of the molecule is COC(=O)c1ccc(Cl)c(-c2c(C)[nH]c(=O)c(Br)c2OCc2ccc(F)cc2F)c1. The summed E-state index contributed by atoms with van der Waals surface area (Å²) in [6, 6.07) is 7.63.